The highest BCUT2D eigenvalue weighted by Crippen LogP contribution is 2.24. The monoisotopic (exact) mass is 314 g/mol. The van der Waals surface area contributed by atoms with Crippen molar-refractivity contribution in [2.24, 2.45) is 0 Å². The molecule has 0 spiro atoms. The highest BCUT2D eigenvalue weighted by Gasteiger charge is 2.11. The predicted octanol–water partition coefficient (Wildman–Crippen LogP) is 2.87. The van der Waals surface area contributed by atoms with E-state index < -0.39 is 0 Å². The first-order valence-corrected chi connectivity index (χ1v) is 7.51. The van der Waals surface area contributed by atoms with Crippen LogP contribution in [0.25, 0.3) is 10.6 Å². The van der Waals surface area contributed by atoms with Crippen LogP contribution in [0.3, 0.4) is 0 Å². The number of rotatable bonds is 4. The average molecular weight is 314 g/mol. The van der Waals surface area contributed by atoms with Crippen molar-refractivity contribution in [1.82, 2.24) is 10.1 Å². The Kier molecular flexibility index (Phi) is 3.88. The number of anilines is 2. The zero-order valence-corrected chi connectivity index (χ0v) is 12.7. The van der Waals surface area contributed by atoms with Crippen molar-refractivity contribution in [2.45, 2.75) is 13.3 Å². The molecule has 0 aliphatic carbocycles. The largest absolute Gasteiger partial charge is 0.399 e. The van der Waals surface area contributed by atoms with Gasteiger partial charge >= 0.3 is 0 Å². The van der Waals surface area contributed by atoms with Gasteiger partial charge < -0.3 is 15.6 Å². The number of benzene rings is 1. The van der Waals surface area contributed by atoms with Crippen LogP contribution in [-0.4, -0.2) is 16.0 Å². The zero-order valence-electron chi connectivity index (χ0n) is 11.9. The van der Waals surface area contributed by atoms with Crippen molar-refractivity contribution >= 4 is 28.7 Å². The maximum absolute atomic E-state index is 11.9. The Balaban J connectivity index is 1.66. The molecule has 1 aromatic carbocycles. The third kappa shape index (κ3) is 3.32. The van der Waals surface area contributed by atoms with Crippen LogP contribution in [0.15, 0.2) is 40.2 Å². The Morgan fingerprint density at radius 1 is 1.36 bits per heavy atom. The summed E-state index contributed by atoms with van der Waals surface area (Å²) < 4.78 is 4.90. The Hall–Kier alpha value is -2.67. The average Bonchev–Trinajstić information content (AvgIpc) is 3.09. The minimum absolute atomic E-state index is 0.178. The third-order valence-corrected chi connectivity index (χ3v) is 3.89. The molecule has 7 heteroatoms. The number of nitrogen functional groups attached to an aromatic ring is 1. The van der Waals surface area contributed by atoms with Gasteiger partial charge in [-0.2, -0.15) is 0 Å². The van der Waals surface area contributed by atoms with E-state index in [0.717, 1.165) is 16.3 Å². The maximum Gasteiger partial charge on any atom is 0.231 e. The van der Waals surface area contributed by atoms with Crippen molar-refractivity contribution < 1.29 is 9.32 Å². The summed E-state index contributed by atoms with van der Waals surface area (Å²) in [6, 6.07) is 9.15. The molecule has 1 amide bonds. The zero-order chi connectivity index (χ0) is 15.5. The Morgan fingerprint density at radius 3 is 2.82 bits per heavy atom. The van der Waals surface area contributed by atoms with Gasteiger partial charge in [0.25, 0.3) is 0 Å². The number of nitrogens with zero attached hydrogens (tertiary/aromatic N) is 2. The Labute approximate surface area is 131 Å². The number of carbonyl (C=O) groups excluding carboxylic acids is 1. The fraction of sp³-hybridized carbons (Fsp3) is 0.133. The molecular formula is C15H14N4O2S. The van der Waals surface area contributed by atoms with E-state index in [-0.39, 0.29) is 12.3 Å². The van der Waals surface area contributed by atoms with E-state index in [1.807, 2.05) is 29.6 Å². The summed E-state index contributed by atoms with van der Waals surface area (Å²) in [4.78, 5) is 16.4. The molecular weight excluding hydrogens is 300 g/mol. The van der Waals surface area contributed by atoms with Crippen molar-refractivity contribution in [3.8, 4) is 10.6 Å². The molecule has 0 aliphatic heterocycles. The summed E-state index contributed by atoms with van der Waals surface area (Å²) in [5.41, 5.74) is 8.08. The molecule has 0 saturated heterocycles. The van der Waals surface area contributed by atoms with Crippen LogP contribution in [0.5, 0.6) is 0 Å². The minimum Gasteiger partial charge on any atom is -0.399 e. The molecule has 0 fully saturated rings. The van der Waals surface area contributed by atoms with Crippen LogP contribution in [-0.2, 0) is 11.2 Å². The van der Waals surface area contributed by atoms with Crippen molar-refractivity contribution in [2.75, 3.05) is 11.1 Å². The molecule has 6 nitrogen and oxygen atoms in total. The summed E-state index contributed by atoms with van der Waals surface area (Å²) in [5, 5.41) is 9.13. The predicted molar refractivity (Wildman–Crippen MR) is 85.5 cm³/mol. The topological polar surface area (TPSA) is 94.0 Å². The number of aryl methyl sites for hydroxylation is 1. The highest BCUT2D eigenvalue weighted by atomic mass is 32.1. The lowest BCUT2D eigenvalue weighted by Crippen LogP contribution is -2.14. The van der Waals surface area contributed by atoms with Gasteiger partial charge in [0.1, 0.15) is 10.8 Å². The van der Waals surface area contributed by atoms with E-state index in [1.54, 1.807) is 13.0 Å². The van der Waals surface area contributed by atoms with Gasteiger partial charge in [0.15, 0.2) is 5.82 Å². The lowest BCUT2D eigenvalue weighted by Gasteiger charge is -1.99. The van der Waals surface area contributed by atoms with Crippen LogP contribution in [0.1, 0.15) is 11.5 Å². The minimum atomic E-state index is -0.178. The summed E-state index contributed by atoms with van der Waals surface area (Å²) in [7, 11) is 0. The smallest absolute Gasteiger partial charge is 0.231 e. The molecule has 0 bridgehead atoms. The number of hydrogen-bond donors (Lipinski definition) is 2. The first-order chi connectivity index (χ1) is 10.6. The number of aromatic nitrogens is 2. The number of carbonyl (C=O) groups is 1. The second-order valence-electron chi connectivity index (χ2n) is 4.81. The summed E-state index contributed by atoms with van der Waals surface area (Å²) in [6.45, 7) is 1.77. The van der Waals surface area contributed by atoms with Gasteiger partial charge in [0.2, 0.25) is 5.91 Å². The fourth-order valence-electron chi connectivity index (χ4n) is 1.92. The molecule has 0 radical (unpaired) electrons. The number of hydrogen-bond acceptors (Lipinski definition) is 6. The Bertz CT molecular complexity index is 792. The molecule has 0 saturated carbocycles. The number of thiazole rings is 1. The standard InChI is InChI=1S/C15H14N4O2S/c1-9-6-13(19-21-9)18-14(20)7-12-8-22-15(17-12)10-2-4-11(16)5-3-10/h2-6,8H,7,16H2,1H3,(H,18,19,20). The maximum atomic E-state index is 11.9. The van der Waals surface area contributed by atoms with E-state index in [9.17, 15) is 4.79 Å². The van der Waals surface area contributed by atoms with Crippen LogP contribution < -0.4 is 11.1 Å². The molecule has 2 aromatic heterocycles. The van der Waals surface area contributed by atoms with Gasteiger partial charge in [-0.25, -0.2) is 4.98 Å². The number of nitrogens with two attached hydrogens (primary N) is 1. The van der Waals surface area contributed by atoms with Crippen molar-refractivity contribution in [3.05, 3.63) is 47.2 Å². The van der Waals surface area contributed by atoms with Crippen LogP contribution in [0.2, 0.25) is 0 Å². The molecule has 0 unspecified atom stereocenters. The Morgan fingerprint density at radius 2 is 2.14 bits per heavy atom. The normalized spacial score (nSPS) is 10.6. The van der Waals surface area contributed by atoms with E-state index in [4.69, 9.17) is 10.3 Å². The molecule has 3 N–H and O–H groups in total. The van der Waals surface area contributed by atoms with Gasteiger partial charge in [-0.05, 0) is 31.2 Å². The van der Waals surface area contributed by atoms with Crippen LogP contribution >= 0.6 is 11.3 Å². The molecule has 112 valence electrons. The first kappa shape index (κ1) is 14.3. The fourth-order valence-corrected chi connectivity index (χ4v) is 2.75. The van der Waals surface area contributed by atoms with Gasteiger partial charge in [0.05, 0.1) is 12.1 Å². The molecule has 0 atom stereocenters. The lowest BCUT2D eigenvalue weighted by molar-refractivity contribution is -0.115. The third-order valence-electron chi connectivity index (χ3n) is 2.95. The van der Waals surface area contributed by atoms with E-state index in [2.05, 4.69) is 15.5 Å². The molecule has 0 aliphatic rings. The number of nitrogens with one attached hydrogen (secondary N) is 1. The van der Waals surface area contributed by atoms with E-state index in [1.165, 1.54) is 11.3 Å². The van der Waals surface area contributed by atoms with E-state index >= 15 is 0 Å². The number of amides is 1. The lowest BCUT2D eigenvalue weighted by atomic mass is 10.2. The summed E-state index contributed by atoms with van der Waals surface area (Å²) in [5.74, 6) is 0.883. The van der Waals surface area contributed by atoms with Crippen LogP contribution in [0.4, 0.5) is 11.5 Å². The molecule has 3 aromatic rings. The summed E-state index contributed by atoms with van der Waals surface area (Å²) >= 11 is 1.49. The molecule has 3 rings (SSSR count). The first-order valence-electron chi connectivity index (χ1n) is 6.63. The van der Waals surface area contributed by atoms with Crippen molar-refractivity contribution in [1.29, 1.82) is 0 Å². The highest BCUT2D eigenvalue weighted by molar-refractivity contribution is 7.13. The molecule has 22 heavy (non-hydrogen) atoms. The van der Waals surface area contributed by atoms with Gasteiger partial charge in [0, 0.05) is 22.7 Å². The van der Waals surface area contributed by atoms with Gasteiger partial charge in [-0.15, -0.1) is 11.3 Å². The van der Waals surface area contributed by atoms with Gasteiger partial charge in [-0.3, -0.25) is 4.79 Å². The SMILES string of the molecule is Cc1cc(NC(=O)Cc2csc(-c3ccc(N)cc3)n2)no1. The summed E-state index contributed by atoms with van der Waals surface area (Å²) in [6.07, 6.45) is 0.192. The van der Waals surface area contributed by atoms with Gasteiger partial charge in [-0.1, -0.05) is 5.16 Å². The quantitative estimate of drug-likeness (QED) is 0.722. The second kappa shape index (κ2) is 5.98. The molecule has 2 heterocycles. The van der Waals surface area contributed by atoms with Crippen molar-refractivity contribution in [3.63, 3.8) is 0 Å². The van der Waals surface area contributed by atoms with E-state index in [0.29, 0.717) is 17.3 Å². The second-order valence-corrected chi connectivity index (χ2v) is 5.67. The van der Waals surface area contributed by atoms with Crippen LogP contribution in [0, 0.1) is 6.92 Å².